The number of aromatic nitrogens is 3. The Balaban J connectivity index is 1.61. The predicted molar refractivity (Wildman–Crippen MR) is 81.4 cm³/mol. The predicted octanol–water partition coefficient (Wildman–Crippen LogP) is 3.38. The molecule has 0 fully saturated rings. The maximum Gasteiger partial charge on any atom is 0.0795 e. The summed E-state index contributed by atoms with van der Waals surface area (Å²) in [7, 11) is 0. The fourth-order valence-electron chi connectivity index (χ4n) is 2.03. The summed E-state index contributed by atoms with van der Waals surface area (Å²) in [5, 5.41) is 12.5. The molecule has 1 aromatic carbocycles. The number of H-pyrrole nitrogens is 1. The second-order valence-electron chi connectivity index (χ2n) is 4.68. The van der Waals surface area contributed by atoms with Crippen molar-refractivity contribution in [3.63, 3.8) is 0 Å². The molecule has 102 valence electrons. The Bertz CT molecular complexity index is 629. The van der Waals surface area contributed by atoms with Crippen LogP contribution in [0.4, 0.5) is 0 Å². The summed E-state index contributed by atoms with van der Waals surface area (Å²) >= 11 is 1.63. The van der Waals surface area contributed by atoms with Crippen molar-refractivity contribution in [2.24, 2.45) is 0 Å². The molecule has 2 N–H and O–H groups in total. The van der Waals surface area contributed by atoms with Crippen LogP contribution in [0.5, 0.6) is 0 Å². The van der Waals surface area contributed by atoms with Gasteiger partial charge in [0.2, 0.25) is 0 Å². The summed E-state index contributed by atoms with van der Waals surface area (Å²) in [5.41, 5.74) is 6.42. The van der Waals surface area contributed by atoms with Crippen molar-refractivity contribution in [1.29, 1.82) is 0 Å². The Kier molecular flexibility index (Phi) is 3.90. The van der Waals surface area contributed by atoms with Crippen LogP contribution in [0.1, 0.15) is 24.2 Å². The van der Waals surface area contributed by atoms with Gasteiger partial charge < -0.3 is 5.32 Å². The Hall–Kier alpha value is -1.98. The maximum absolute atomic E-state index is 4.32. The second-order valence-corrected chi connectivity index (χ2v) is 5.40. The van der Waals surface area contributed by atoms with Crippen molar-refractivity contribution >= 4 is 11.3 Å². The third kappa shape index (κ3) is 2.95. The third-order valence-electron chi connectivity index (χ3n) is 3.27. The van der Waals surface area contributed by atoms with Crippen LogP contribution in [0, 0.1) is 0 Å². The number of benzene rings is 1. The van der Waals surface area contributed by atoms with E-state index < -0.39 is 0 Å². The quantitative estimate of drug-likeness (QED) is 0.755. The molecule has 2 heterocycles. The third-order valence-corrected chi connectivity index (χ3v) is 3.88. The zero-order chi connectivity index (χ0) is 13.8. The van der Waals surface area contributed by atoms with Gasteiger partial charge in [0.1, 0.15) is 0 Å². The topological polar surface area (TPSA) is 53.6 Å². The van der Waals surface area contributed by atoms with Gasteiger partial charge >= 0.3 is 0 Å². The van der Waals surface area contributed by atoms with E-state index in [1.165, 1.54) is 5.56 Å². The van der Waals surface area contributed by atoms with E-state index in [2.05, 4.69) is 57.1 Å². The highest BCUT2D eigenvalue weighted by molar-refractivity contribution is 7.07. The summed E-state index contributed by atoms with van der Waals surface area (Å²) in [6, 6.07) is 10.7. The molecule has 4 nitrogen and oxygen atoms in total. The number of hydrogen-bond acceptors (Lipinski definition) is 4. The Morgan fingerprint density at radius 1 is 1.25 bits per heavy atom. The van der Waals surface area contributed by atoms with Gasteiger partial charge in [-0.2, -0.15) is 5.10 Å². The van der Waals surface area contributed by atoms with E-state index in [0.717, 1.165) is 23.5 Å². The zero-order valence-electron chi connectivity index (χ0n) is 11.2. The van der Waals surface area contributed by atoms with E-state index in [9.17, 15) is 0 Å². The van der Waals surface area contributed by atoms with E-state index >= 15 is 0 Å². The Morgan fingerprint density at radius 3 is 2.75 bits per heavy atom. The standard InChI is InChI=1S/C15H16N4S/c1-11(15-9-20-10-17-15)16-8-12-2-4-13(5-3-12)14-6-7-18-19-14/h2-7,9-11,16H,8H2,1H3,(H,18,19). The van der Waals surface area contributed by atoms with Crippen LogP contribution in [0.15, 0.2) is 47.4 Å². The molecule has 0 spiro atoms. The summed E-state index contributed by atoms with van der Waals surface area (Å²) in [6.07, 6.45) is 1.76. The first-order valence-corrected chi connectivity index (χ1v) is 7.47. The van der Waals surface area contributed by atoms with E-state index in [1.807, 2.05) is 11.6 Å². The minimum atomic E-state index is 0.272. The lowest BCUT2D eigenvalue weighted by atomic mass is 10.1. The van der Waals surface area contributed by atoms with Crippen LogP contribution < -0.4 is 5.32 Å². The van der Waals surface area contributed by atoms with Crippen molar-refractivity contribution in [2.75, 3.05) is 0 Å². The number of hydrogen-bond donors (Lipinski definition) is 2. The lowest BCUT2D eigenvalue weighted by Gasteiger charge is -2.11. The highest BCUT2D eigenvalue weighted by Crippen LogP contribution is 2.17. The van der Waals surface area contributed by atoms with E-state index in [0.29, 0.717) is 0 Å². The van der Waals surface area contributed by atoms with Gasteiger partial charge in [0.05, 0.1) is 16.9 Å². The van der Waals surface area contributed by atoms with Crippen LogP contribution in [0.25, 0.3) is 11.3 Å². The lowest BCUT2D eigenvalue weighted by Crippen LogP contribution is -2.18. The van der Waals surface area contributed by atoms with Gasteiger partial charge in [-0.15, -0.1) is 11.3 Å². The molecule has 0 aliphatic carbocycles. The molecule has 0 saturated heterocycles. The second kappa shape index (κ2) is 5.98. The molecule has 3 rings (SSSR count). The molecule has 0 radical (unpaired) electrons. The summed E-state index contributed by atoms with van der Waals surface area (Å²) in [5.74, 6) is 0. The summed E-state index contributed by atoms with van der Waals surface area (Å²) < 4.78 is 0. The molecular weight excluding hydrogens is 268 g/mol. The first-order valence-electron chi connectivity index (χ1n) is 6.53. The molecule has 1 atom stereocenters. The largest absolute Gasteiger partial charge is 0.305 e. The highest BCUT2D eigenvalue weighted by Gasteiger charge is 2.06. The first-order chi connectivity index (χ1) is 9.83. The van der Waals surface area contributed by atoms with E-state index in [4.69, 9.17) is 0 Å². The number of aromatic amines is 1. The van der Waals surface area contributed by atoms with Crippen LogP contribution in [0.3, 0.4) is 0 Å². The van der Waals surface area contributed by atoms with Gasteiger partial charge in [-0.3, -0.25) is 5.10 Å². The van der Waals surface area contributed by atoms with Gasteiger partial charge in [-0.1, -0.05) is 24.3 Å². The first kappa shape index (κ1) is 13.0. The Morgan fingerprint density at radius 2 is 2.10 bits per heavy atom. The molecule has 0 aliphatic rings. The SMILES string of the molecule is CC(NCc1ccc(-c2ccn[nH]2)cc1)c1cscn1. The Labute approximate surface area is 121 Å². The highest BCUT2D eigenvalue weighted by atomic mass is 32.1. The normalized spacial score (nSPS) is 12.4. The van der Waals surface area contributed by atoms with Crippen LogP contribution in [-0.4, -0.2) is 15.2 Å². The molecule has 0 amide bonds. The summed E-state index contributed by atoms with van der Waals surface area (Å²) in [4.78, 5) is 4.32. The minimum Gasteiger partial charge on any atom is -0.305 e. The lowest BCUT2D eigenvalue weighted by molar-refractivity contribution is 0.564. The van der Waals surface area contributed by atoms with Gasteiger partial charge in [0, 0.05) is 24.2 Å². The molecule has 3 aromatic rings. The maximum atomic E-state index is 4.32. The fraction of sp³-hybridized carbons (Fsp3) is 0.200. The van der Waals surface area contributed by atoms with Crippen molar-refractivity contribution < 1.29 is 0 Å². The van der Waals surface area contributed by atoms with E-state index in [1.54, 1.807) is 17.5 Å². The molecule has 0 aliphatic heterocycles. The van der Waals surface area contributed by atoms with Crippen LogP contribution >= 0.6 is 11.3 Å². The fourth-order valence-corrected chi connectivity index (χ4v) is 2.68. The van der Waals surface area contributed by atoms with Crippen molar-refractivity contribution in [3.8, 4) is 11.3 Å². The monoisotopic (exact) mass is 284 g/mol. The number of nitrogens with zero attached hydrogens (tertiary/aromatic N) is 2. The van der Waals surface area contributed by atoms with E-state index in [-0.39, 0.29) is 6.04 Å². The molecule has 0 saturated carbocycles. The van der Waals surface area contributed by atoms with Gasteiger partial charge in [-0.25, -0.2) is 4.98 Å². The molecule has 5 heteroatoms. The van der Waals surface area contributed by atoms with Crippen LogP contribution in [-0.2, 0) is 6.54 Å². The molecule has 20 heavy (non-hydrogen) atoms. The molecule has 2 aromatic heterocycles. The smallest absolute Gasteiger partial charge is 0.0795 e. The van der Waals surface area contributed by atoms with Gasteiger partial charge in [-0.05, 0) is 24.1 Å². The molecule has 0 bridgehead atoms. The van der Waals surface area contributed by atoms with Gasteiger partial charge in [0.15, 0.2) is 0 Å². The summed E-state index contributed by atoms with van der Waals surface area (Å²) in [6.45, 7) is 2.97. The molecular formula is C15H16N4S. The van der Waals surface area contributed by atoms with Gasteiger partial charge in [0.25, 0.3) is 0 Å². The minimum absolute atomic E-state index is 0.272. The average Bonchev–Trinajstić information content (AvgIpc) is 3.18. The average molecular weight is 284 g/mol. The number of thiazole rings is 1. The van der Waals surface area contributed by atoms with Crippen molar-refractivity contribution in [3.05, 3.63) is 58.7 Å². The molecule has 1 unspecified atom stereocenters. The van der Waals surface area contributed by atoms with Crippen molar-refractivity contribution in [2.45, 2.75) is 19.5 Å². The number of nitrogens with one attached hydrogen (secondary N) is 2. The number of rotatable bonds is 5. The van der Waals surface area contributed by atoms with Crippen molar-refractivity contribution in [1.82, 2.24) is 20.5 Å². The zero-order valence-corrected chi connectivity index (χ0v) is 12.0. The van der Waals surface area contributed by atoms with Crippen LogP contribution in [0.2, 0.25) is 0 Å².